The second-order valence-electron chi connectivity index (χ2n) is 8.57. The van der Waals surface area contributed by atoms with Crippen LogP contribution in [-0.2, 0) is 14.9 Å². The van der Waals surface area contributed by atoms with E-state index in [9.17, 15) is 13.2 Å². The Morgan fingerprint density at radius 3 is 1.81 bits per heavy atom. The van der Waals surface area contributed by atoms with Gasteiger partial charge in [-0.15, -0.1) is 0 Å². The summed E-state index contributed by atoms with van der Waals surface area (Å²) in [4.78, 5) is 11.9. The molecule has 180 valence electrons. The van der Waals surface area contributed by atoms with Crippen molar-refractivity contribution in [1.82, 2.24) is 0 Å². The van der Waals surface area contributed by atoms with E-state index in [2.05, 4.69) is 28.0 Å². The molecule has 0 bridgehead atoms. The van der Waals surface area contributed by atoms with Crippen LogP contribution in [0, 0.1) is 0 Å². The number of nitrogens with zero attached hydrogens (tertiary/aromatic N) is 2. The van der Waals surface area contributed by atoms with Gasteiger partial charge in [0, 0.05) is 0 Å². The van der Waals surface area contributed by atoms with E-state index < -0.39 is 14.9 Å². The first-order valence-electron chi connectivity index (χ1n) is 12.0. The van der Waals surface area contributed by atoms with Crippen LogP contribution in [-0.4, -0.2) is 29.4 Å². The van der Waals surface area contributed by atoms with Gasteiger partial charge in [0.15, 0.2) is 0 Å². The highest BCUT2D eigenvalue weighted by molar-refractivity contribution is 9.10. The number of anilines is 1. The molecule has 0 saturated carbocycles. The molecule has 6 nitrogen and oxygen atoms in total. The highest BCUT2D eigenvalue weighted by Gasteiger charge is 2.34. The Kier molecular flexibility index (Phi) is 11.9. The van der Waals surface area contributed by atoms with E-state index in [1.165, 1.54) is 99.9 Å². The Morgan fingerprint density at radius 2 is 1.34 bits per heavy atom. The number of hydrogen-bond donors (Lipinski definition) is 1. The van der Waals surface area contributed by atoms with Gasteiger partial charge in [-0.05, 0) is 37.1 Å². The van der Waals surface area contributed by atoms with Crippen molar-refractivity contribution >= 4 is 43.4 Å². The maximum atomic E-state index is 12.5. The number of carbonyl (C=O) groups excluding carboxylic acids is 1. The fraction of sp³-hybridized carbons (Fsp3) is 0.667. The lowest BCUT2D eigenvalue weighted by atomic mass is 10.0. The Labute approximate surface area is 201 Å². The molecule has 1 aromatic rings. The second kappa shape index (κ2) is 14.1. The fourth-order valence-corrected chi connectivity index (χ4v) is 4.92. The third-order valence-corrected chi connectivity index (χ3v) is 7.65. The van der Waals surface area contributed by atoms with Crippen LogP contribution in [0.25, 0.3) is 0 Å². The van der Waals surface area contributed by atoms with E-state index in [0.29, 0.717) is 5.69 Å². The molecule has 1 N–H and O–H groups in total. The van der Waals surface area contributed by atoms with Gasteiger partial charge in [-0.2, -0.15) is 18.5 Å². The van der Waals surface area contributed by atoms with Gasteiger partial charge >= 0.3 is 0 Å². The van der Waals surface area contributed by atoms with Crippen LogP contribution in [0.15, 0.2) is 34.3 Å². The summed E-state index contributed by atoms with van der Waals surface area (Å²) in [5.41, 5.74) is 1.28. The van der Waals surface area contributed by atoms with Gasteiger partial charge in [-0.25, -0.2) is 0 Å². The van der Waals surface area contributed by atoms with Crippen LogP contribution in [0.3, 0.4) is 0 Å². The lowest BCUT2D eigenvalue weighted by molar-refractivity contribution is -0.116. The zero-order valence-electron chi connectivity index (χ0n) is 19.1. The molecule has 1 unspecified atom stereocenters. The summed E-state index contributed by atoms with van der Waals surface area (Å²) in [7, 11) is -4.26. The molecule has 1 aliphatic rings. The zero-order chi connectivity index (χ0) is 23.4. The summed E-state index contributed by atoms with van der Waals surface area (Å²) in [5.74, 6) is -0.186. The summed E-state index contributed by atoms with van der Waals surface area (Å²) in [6, 6.07) is 5.47. The number of amides is 1. The number of hydrogen-bond acceptors (Lipinski definition) is 4. The van der Waals surface area contributed by atoms with Crippen LogP contribution < -0.4 is 5.01 Å². The topological polar surface area (TPSA) is 87.0 Å². The minimum atomic E-state index is -4.26. The van der Waals surface area contributed by atoms with Crippen molar-refractivity contribution in [1.29, 1.82) is 0 Å². The normalized spacial score (nSPS) is 16.6. The van der Waals surface area contributed by atoms with E-state index in [-0.39, 0.29) is 10.8 Å². The Bertz CT molecular complexity index is 840. The minimum Gasteiger partial charge on any atom is -0.282 e. The van der Waals surface area contributed by atoms with Gasteiger partial charge in [0.2, 0.25) is 0 Å². The molecule has 1 atom stereocenters. The summed E-state index contributed by atoms with van der Waals surface area (Å²) in [5, 5.41) is 5.74. The predicted molar refractivity (Wildman–Crippen MR) is 134 cm³/mol. The predicted octanol–water partition coefficient (Wildman–Crippen LogP) is 6.88. The van der Waals surface area contributed by atoms with Gasteiger partial charge in [-0.3, -0.25) is 9.35 Å². The van der Waals surface area contributed by atoms with Crippen molar-refractivity contribution < 1.29 is 17.8 Å². The van der Waals surface area contributed by atoms with E-state index in [1.807, 2.05) is 0 Å². The van der Waals surface area contributed by atoms with E-state index >= 15 is 0 Å². The Morgan fingerprint density at radius 1 is 0.875 bits per heavy atom. The second-order valence-corrected chi connectivity index (χ2v) is 10.9. The summed E-state index contributed by atoms with van der Waals surface area (Å²) in [6.45, 7) is 2.25. The zero-order valence-corrected chi connectivity index (χ0v) is 21.5. The number of alkyl halides is 1. The number of benzene rings is 1. The van der Waals surface area contributed by atoms with Crippen molar-refractivity contribution in [2.24, 2.45) is 5.10 Å². The molecule has 0 aromatic heterocycles. The quantitative estimate of drug-likeness (QED) is 0.144. The average molecular weight is 530 g/mol. The maximum Gasteiger partial charge on any atom is 0.294 e. The van der Waals surface area contributed by atoms with Crippen molar-refractivity contribution in [3.63, 3.8) is 0 Å². The summed E-state index contributed by atoms with van der Waals surface area (Å²) < 4.78 is 31.4. The fourth-order valence-electron chi connectivity index (χ4n) is 3.92. The SMILES string of the molecule is CCCCCCCCCCCCCCCC1=NN(c2ccc(S(=O)(=O)O)cc2)C(=O)C1Br. The minimum absolute atomic E-state index is 0.186. The smallest absolute Gasteiger partial charge is 0.282 e. The van der Waals surface area contributed by atoms with Crippen molar-refractivity contribution in [3.8, 4) is 0 Å². The van der Waals surface area contributed by atoms with E-state index in [0.717, 1.165) is 25.0 Å². The Balaban J connectivity index is 1.63. The molecule has 1 heterocycles. The van der Waals surface area contributed by atoms with Gasteiger partial charge in [0.1, 0.15) is 4.83 Å². The molecule has 32 heavy (non-hydrogen) atoms. The molecular formula is C24H37BrN2O4S. The van der Waals surface area contributed by atoms with Gasteiger partial charge in [-0.1, -0.05) is 99.9 Å². The van der Waals surface area contributed by atoms with Crippen LogP contribution in [0.1, 0.15) is 96.8 Å². The molecule has 0 aliphatic carbocycles. The maximum absolute atomic E-state index is 12.5. The van der Waals surface area contributed by atoms with Crippen LogP contribution >= 0.6 is 15.9 Å². The number of hydrazone groups is 1. The van der Waals surface area contributed by atoms with Crippen LogP contribution in [0.5, 0.6) is 0 Å². The number of carbonyl (C=O) groups is 1. The van der Waals surface area contributed by atoms with Gasteiger partial charge in [0.05, 0.1) is 16.3 Å². The Hall–Kier alpha value is -1.25. The van der Waals surface area contributed by atoms with Crippen molar-refractivity contribution in [2.75, 3.05) is 5.01 Å². The van der Waals surface area contributed by atoms with Crippen LogP contribution in [0.2, 0.25) is 0 Å². The number of rotatable bonds is 16. The molecule has 0 fully saturated rings. The van der Waals surface area contributed by atoms with Gasteiger partial charge in [0.25, 0.3) is 16.0 Å². The monoisotopic (exact) mass is 528 g/mol. The summed E-state index contributed by atoms with van der Waals surface area (Å²) in [6.07, 6.45) is 17.6. The molecule has 8 heteroatoms. The van der Waals surface area contributed by atoms with E-state index in [4.69, 9.17) is 4.55 Å². The molecule has 1 amide bonds. The number of halogens is 1. The third-order valence-electron chi connectivity index (χ3n) is 5.86. The lowest BCUT2D eigenvalue weighted by Crippen LogP contribution is -2.27. The standard InChI is InChI=1S/C24H37BrN2O4S/c1-2-3-4-5-6-7-8-9-10-11-12-13-14-15-22-23(25)24(28)27(26-22)20-16-18-21(19-17-20)32(29,30)31/h16-19,23H,2-15H2,1H3,(H,29,30,31). The highest BCUT2D eigenvalue weighted by Crippen LogP contribution is 2.27. The largest absolute Gasteiger partial charge is 0.294 e. The first-order valence-corrected chi connectivity index (χ1v) is 14.3. The molecular weight excluding hydrogens is 492 g/mol. The first-order chi connectivity index (χ1) is 15.3. The van der Waals surface area contributed by atoms with Crippen molar-refractivity contribution in [3.05, 3.63) is 24.3 Å². The first kappa shape index (κ1) is 27.0. The molecule has 1 aromatic carbocycles. The molecule has 0 radical (unpaired) electrons. The average Bonchev–Trinajstić information content (AvgIpc) is 3.05. The summed E-state index contributed by atoms with van der Waals surface area (Å²) >= 11 is 3.43. The molecule has 2 rings (SSSR count). The number of unbranched alkanes of at least 4 members (excludes halogenated alkanes) is 12. The molecule has 0 spiro atoms. The highest BCUT2D eigenvalue weighted by atomic mass is 79.9. The third kappa shape index (κ3) is 8.94. The molecule has 1 aliphatic heterocycles. The van der Waals surface area contributed by atoms with Crippen LogP contribution in [0.4, 0.5) is 5.69 Å². The van der Waals surface area contributed by atoms with E-state index in [1.54, 1.807) is 0 Å². The lowest BCUT2D eigenvalue weighted by Gasteiger charge is -2.12. The van der Waals surface area contributed by atoms with Gasteiger partial charge < -0.3 is 0 Å². The molecule has 0 saturated heterocycles. The van der Waals surface area contributed by atoms with Crippen molar-refractivity contribution in [2.45, 2.75) is 107 Å².